The van der Waals surface area contributed by atoms with Gasteiger partial charge in [-0.2, -0.15) is 0 Å². The molecule has 5 amide bonds. The average molecular weight is 492 g/mol. The molecule has 15 heteroatoms. The maximum Gasteiger partial charge on any atom is 0.239 e. The van der Waals surface area contributed by atoms with E-state index in [2.05, 4.69) is 16.0 Å². The Labute approximate surface area is 210 Å². The van der Waals surface area contributed by atoms with E-state index < -0.39 is 5.91 Å². The van der Waals surface area contributed by atoms with E-state index in [-0.39, 0.29) is 87.9 Å². The van der Waals surface area contributed by atoms with Gasteiger partial charge in [-0.25, -0.2) is 0 Å². The molecule has 0 atom stereocenters. The van der Waals surface area contributed by atoms with Crippen LogP contribution in [0.3, 0.4) is 0 Å². The van der Waals surface area contributed by atoms with E-state index in [4.69, 9.17) is 0 Å². The highest BCUT2D eigenvalue weighted by atomic mass is 16.2. The van der Waals surface area contributed by atoms with E-state index in [0.717, 1.165) is 0 Å². The number of nitrogens with zero attached hydrogens (tertiary/aromatic N) is 3. The largest absolute Gasteiger partial charge is 0.353 e. The Bertz CT molecular complexity index is 742. The lowest BCUT2D eigenvalue weighted by molar-refractivity contribution is -0.135. The number of hydrogen-bond donors (Lipinski definition) is 3. The molecule has 35 heavy (non-hydrogen) atoms. The van der Waals surface area contributed by atoms with Crippen LogP contribution >= 0.6 is 0 Å². The first kappa shape index (κ1) is 32.2. The van der Waals surface area contributed by atoms with Crippen LogP contribution in [0.1, 0.15) is 6.92 Å². The van der Waals surface area contributed by atoms with Gasteiger partial charge < -0.3 is 30.7 Å². The number of amides is 5. The molecule has 0 aliphatic heterocycles. The minimum absolute atomic E-state index is 0.0150. The van der Waals surface area contributed by atoms with E-state index in [1.807, 2.05) is 0 Å². The Hall–Kier alpha value is -2.83. The van der Waals surface area contributed by atoms with Crippen LogP contribution in [0.4, 0.5) is 0 Å². The van der Waals surface area contributed by atoms with Crippen LogP contribution in [0.15, 0.2) is 0 Å². The van der Waals surface area contributed by atoms with Crippen molar-refractivity contribution >= 4 is 58.9 Å². The van der Waals surface area contributed by atoms with E-state index >= 15 is 0 Å². The van der Waals surface area contributed by atoms with Crippen molar-refractivity contribution in [3.05, 3.63) is 0 Å². The summed E-state index contributed by atoms with van der Waals surface area (Å²) in [6.45, 7) is 2.68. The zero-order valence-electron chi connectivity index (χ0n) is 21.8. The van der Waals surface area contributed by atoms with Crippen molar-refractivity contribution in [2.24, 2.45) is 0 Å². The van der Waals surface area contributed by atoms with Crippen molar-refractivity contribution in [2.45, 2.75) is 25.9 Å². The molecule has 0 aliphatic rings. The minimum atomic E-state index is -0.406. The predicted octanol–water partition coefficient (Wildman–Crippen LogP) is -5.33. The second-order valence-corrected chi connectivity index (χ2v) is 8.01. The topological polar surface area (TPSA) is 148 Å². The van der Waals surface area contributed by atoms with Gasteiger partial charge in [0.2, 0.25) is 29.5 Å². The molecule has 0 aromatic carbocycles. The summed E-state index contributed by atoms with van der Waals surface area (Å²) in [6.07, 6.45) is 0.747. The molecule has 3 N–H and O–H groups in total. The highest BCUT2D eigenvalue weighted by Gasteiger charge is 2.18. The summed E-state index contributed by atoms with van der Waals surface area (Å²) >= 11 is 0. The van der Waals surface area contributed by atoms with Gasteiger partial charge in [0.05, 0.1) is 19.6 Å². The van der Waals surface area contributed by atoms with Crippen molar-refractivity contribution in [1.82, 2.24) is 30.7 Å². The van der Waals surface area contributed by atoms with Gasteiger partial charge in [0.15, 0.2) is 0 Å². The molecule has 0 rings (SSSR count). The third-order valence-electron chi connectivity index (χ3n) is 5.09. The Balaban J connectivity index is 4.70. The van der Waals surface area contributed by atoms with Gasteiger partial charge in [0.25, 0.3) is 0 Å². The number of nitrogens with one attached hydrogen (secondary N) is 3. The van der Waals surface area contributed by atoms with Crippen LogP contribution in [0.2, 0.25) is 19.0 Å². The monoisotopic (exact) mass is 492 g/mol. The van der Waals surface area contributed by atoms with Crippen LogP contribution in [0, 0.1) is 0 Å². The molecule has 0 unspecified atom stereocenters. The van der Waals surface area contributed by atoms with Gasteiger partial charge in [0, 0.05) is 39.3 Å². The van der Waals surface area contributed by atoms with E-state index in [9.17, 15) is 28.8 Å². The fourth-order valence-electron chi connectivity index (χ4n) is 3.18. The first-order valence-electron chi connectivity index (χ1n) is 12.1. The van der Waals surface area contributed by atoms with Crippen LogP contribution in [-0.2, 0) is 28.8 Å². The molecule has 0 fully saturated rings. The van der Waals surface area contributed by atoms with E-state index in [1.165, 1.54) is 21.6 Å². The van der Waals surface area contributed by atoms with Crippen LogP contribution in [0.25, 0.3) is 0 Å². The maximum absolute atomic E-state index is 12.4. The smallest absolute Gasteiger partial charge is 0.239 e. The molecule has 0 saturated carbocycles. The Morgan fingerprint density at radius 2 is 0.943 bits per heavy atom. The molecule has 0 spiro atoms. The average Bonchev–Trinajstić information content (AvgIpc) is 2.83. The highest BCUT2D eigenvalue weighted by Crippen LogP contribution is 1.96. The molecule has 0 aliphatic carbocycles. The Kier molecular flexibility index (Phi) is 17.0. The van der Waals surface area contributed by atoms with Crippen LogP contribution in [-0.4, -0.2) is 140 Å². The lowest BCUT2D eigenvalue weighted by atomic mass is 10.0. The summed E-state index contributed by atoms with van der Waals surface area (Å²) in [6, 6.07) is 0. The van der Waals surface area contributed by atoms with Crippen molar-refractivity contribution in [3.8, 4) is 0 Å². The summed E-state index contributed by atoms with van der Waals surface area (Å²) in [7, 11) is 6.87. The number of Topliss-reactive ketones (excluding diaryl/α,β-unsaturated/α-hetero) is 1. The van der Waals surface area contributed by atoms with Crippen LogP contribution in [0.5, 0.6) is 0 Å². The lowest BCUT2D eigenvalue weighted by Crippen LogP contribution is -2.47. The fourth-order valence-corrected chi connectivity index (χ4v) is 3.18. The molecule has 0 aromatic rings. The number of ketones is 1. The zero-order chi connectivity index (χ0) is 26.8. The summed E-state index contributed by atoms with van der Waals surface area (Å²) in [5.41, 5.74) is 0. The summed E-state index contributed by atoms with van der Waals surface area (Å²) < 4.78 is 0. The predicted molar refractivity (Wildman–Crippen MR) is 140 cm³/mol. The van der Waals surface area contributed by atoms with E-state index in [1.54, 1.807) is 30.6 Å². The zero-order valence-corrected chi connectivity index (χ0v) is 21.8. The molecule has 12 nitrogen and oxygen atoms in total. The summed E-state index contributed by atoms with van der Waals surface area (Å²) in [4.78, 5) is 76.4. The van der Waals surface area contributed by atoms with Gasteiger partial charge in [-0.15, -0.1) is 0 Å². The maximum atomic E-state index is 12.4. The molecule has 0 radical (unpaired) electrons. The highest BCUT2D eigenvalue weighted by molar-refractivity contribution is 6.20. The third kappa shape index (κ3) is 14.2. The van der Waals surface area contributed by atoms with Crippen molar-refractivity contribution < 1.29 is 28.8 Å². The number of rotatable bonds is 18. The quantitative estimate of drug-likeness (QED) is 0.162. The molecule has 0 saturated heterocycles. The second-order valence-electron chi connectivity index (χ2n) is 8.01. The van der Waals surface area contributed by atoms with Gasteiger partial charge in [-0.3, -0.25) is 28.8 Å². The van der Waals surface area contributed by atoms with Gasteiger partial charge in [-0.1, -0.05) is 0 Å². The van der Waals surface area contributed by atoms with Gasteiger partial charge in [-0.05, 0) is 32.9 Å². The van der Waals surface area contributed by atoms with E-state index in [0.29, 0.717) is 19.4 Å². The molecule has 0 aromatic heterocycles. The third-order valence-corrected chi connectivity index (χ3v) is 5.09. The number of carbonyl (C=O) groups is 6. The Morgan fingerprint density at radius 3 is 1.26 bits per heavy atom. The number of hydrogen-bond acceptors (Lipinski definition) is 7. The molecular weight excluding hydrogens is 453 g/mol. The van der Waals surface area contributed by atoms with Gasteiger partial charge >= 0.3 is 0 Å². The standard InChI is InChI=1S/C20H39B3N6O6/c1-15(30)12-27(18(33)9-21)7-4-25-17(32)14-29(20(35)11-23)8-5-26-16(31)13-28(6-3-24-2)19(34)10-22/h24H,3-14,21-23H2,1-2H3,(H,25,32)(H,26,31). The first-order chi connectivity index (χ1) is 16.6. The Morgan fingerprint density at radius 1 is 0.600 bits per heavy atom. The number of likely N-dealkylation sites (N-methyl/N-ethyl adjacent to an activating group) is 1. The number of carbonyl (C=O) groups excluding carboxylic acids is 6. The molecular formula is C20H39B3N6O6. The molecule has 194 valence electrons. The van der Waals surface area contributed by atoms with Gasteiger partial charge in [0.1, 0.15) is 29.3 Å². The fraction of sp³-hybridized carbons (Fsp3) is 0.700. The summed E-state index contributed by atoms with van der Waals surface area (Å²) in [5.74, 6) is -1.45. The van der Waals surface area contributed by atoms with Crippen molar-refractivity contribution in [3.63, 3.8) is 0 Å². The second kappa shape index (κ2) is 18.5. The SMILES string of the molecule is BCC(=O)N(CCNC(=O)CN(CCNC(=O)CN(CCNC)C(=O)CB)C(=O)CB)CC(C)=O. The normalized spacial score (nSPS) is 10.2. The van der Waals surface area contributed by atoms with Crippen LogP contribution < -0.4 is 16.0 Å². The van der Waals surface area contributed by atoms with Crippen molar-refractivity contribution in [2.75, 3.05) is 66.0 Å². The lowest BCUT2D eigenvalue weighted by Gasteiger charge is -2.24. The molecule has 0 heterocycles. The summed E-state index contributed by atoms with van der Waals surface area (Å²) in [5, 5.41) is 8.30. The molecule has 0 bridgehead atoms. The van der Waals surface area contributed by atoms with Crippen molar-refractivity contribution in [1.29, 1.82) is 0 Å². The first-order valence-corrected chi connectivity index (χ1v) is 12.1. The minimum Gasteiger partial charge on any atom is -0.353 e.